The predicted octanol–water partition coefficient (Wildman–Crippen LogP) is 0.362. The van der Waals surface area contributed by atoms with Crippen LogP contribution in [0.5, 0.6) is 0 Å². The Labute approximate surface area is 59.6 Å². The Morgan fingerprint density at radius 1 is 1.90 bits per heavy atom. The van der Waals surface area contributed by atoms with Gasteiger partial charge in [0, 0.05) is 13.5 Å². The second kappa shape index (κ2) is 2.80. The molecule has 10 heavy (non-hydrogen) atoms. The van der Waals surface area contributed by atoms with Gasteiger partial charge in [-0.1, -0.05) is 0 Å². The number of hydrogen-bond acceptors (Lipinski definition) is 3. The molecule has 0 aliphatic heterocycles. The summed E-state index contributed by atoms with van der Waals surface area (Å²) in [5.41, 5.74) is 0. The van der Waals surface area contributed by atoms with Gasteiger partial charge in [-0.2, -0.15) is 5.26 Å². The van der Waals surface area contributed by atoms with Crippen molar-refractivity contribution < 1.29 is 9.53 Å². The van der Waals surface area contributed by atoms with Crippen molar-refractivity contribution in [3.8, 4) is 6.07 Å². The smallest absolute Gasteiger partial charge is 0.140 e. The summed E-state index contributed by atoms with van der Waals surface area (Å²) in [4.78, 5) is 10.8. The lowest BCUT2D eigenvalue weighted by molar-refractivity contribution is -0.134. The zero-order valence-electron chi connectivity index (χ0n) is 5.83. The lowest BCUT2D eigenvalue weighted by Crippen LogP contribution is -2.39. The largest absolute Gasteiger partial charge is 0.384 e. The molecule has 3 nitrogen and oxygen atoms in total. The molecule has 1 aliphatic rings. The summed E-state index contributed by atoms with van der Waals surface area (Å²) in [6.07, 6.45) is 0.421. The van der Waals surface area contributed by atoms with E-state index in [4.69, 9.17) is 10.00 Å². The third-order valence-corrected chi connectivity index (χ3v) is 1.83. The second-order valence-electron chi connectivity index (χ2n) is 2.47. The normalized spacial score (nSPS) is 31.0. The van der Waals surface area contributed by atoms with E-state index in [1.54, 1.807) is 7.11 Å². The summed E-state index contributed by atoms with van der Waals surface area (Å²) >= 11 is 0. The molecule has 0 heterocycles. The maximum absolute atomic E-state index is 10.8. The Hall–Kier alpha value is -0.880. The van der Waals surface area contributed by atoms with E-state index in [1.165, 1.54) is 0 Å². The van der Waals surface area contributed by atoms with Gasteiger partial charge in [-0.15, -0.1) is 0 Å². The van der Waals surface area contributed by atoms with E-state index in [2.05, 4.69) is 6.07 Å². The van der Waals surface area contributed by atoms with Crippen molar-refractivity contribution in [2.45, 2.75) is 6.42 Å². The molecule has 1 aliphatic carbocycles. The number of hydrogen-bond donors (Lipinski definition) is 0. The molecular formula is C7H9NO2. The van der Waals surface area contributed by atoms with Crippen LogP contribution in [0.4, 0.5) is 0 Å². The standard InChI is InChI=1S/C7H9NO2/c1-10-4-6-5(3-8)2-7(6)9/h5-6H,2,4H2,1H3. The van der Waals surface area contributed by atoms with Crippen LogP contribution in [-0.2, 0) is 9.53 Å². The summed E-state index contributed by atoms with van der Waals surface area (Å²) in [5.74, 6) is -0.0733. The predicted molar refractivity (Wildman–Crippen MR) is 34.1 cm³/mol. The molecule has 2 atom stereocenters. The number of carbonyl (C=O) groups excluding carboxylic acids is 1. The molecular weight excluding hydrogens is 130 g/mol. The van der Waals surface area contributed by atoms with Gasteiger partial charge in [-0.3, -0.25) is 4.79 Å². The van der Waals surface area contributed by atoms with Crippen LogP contribution < -0.4 is 0 Å². The van der Waals surface area contributed by atoms with E-state index in [0.29, 0.717) is 13.0 Å². The summed E-state index contributed by atoms with van der Waals surface area (Å²) in [6, 6.07) is 2.07. The minimum absolute atomic E-state index is 0.0903. The van der Waals surface area contributed by atoms with Crippen molar-refractivity contribution in [3.63, 3.8) is 0 Å². The van der Waals surface area contributed by atoms with E-state index < -0.39 is 0 Å². The molecule has 3 heteroatoms. The minimum Gasteiger partial charge on any atom is -0.384 e. The zero-order valence-corrected chi connectivity index (χ0v) is 5.83. The van der Waals surface area contributed by atoms with Crippen LogP contribution in [0.2, 0.25) is 0 Å². The highest BCUT2D eigenvalue weighted by atomic mass is 16.5. The van der Waals surface area contributed by atoms with Gasteiger partial charge in [0.25, 0.3) is 0 Å². The molecule has 0 radical (unpaired) electrons. The molecule has 0 aromatic rings. The third kappa shape index (κ3) is 1.03. The van der Waals surface area contributed by atoms with Gasteiger partial charge in [-0.25, -0.2) is 0 Å². The number of nitriles is 1. The highest BCUT2D eigenvalue weighted by Gasteiger charge is 2.39. The van der Waals surface area contributed by atoms with Gasteiger partial charge in [0.1, 0.15) is 5.78 Å². The summed E-state index contributed by atoms with van der Waals surface area (Å²) in [7, 11) is 1.54. The number of carbonyl (C=O) groups is 1. The van der Waals surface area contributed by atoms with Crippen molar-refractivity contribution in [1.82, 2.24) is 0 Å². The molecule has 2 unspecified atom stereocenters. The molecule has 0 bridgehead atoms. The van der Waals surface area contributed by atoms with Crippen molar-refractivity contribution in [2.24, 2.45) is 11.8 Å². The molecule has 0 spiro atoms. The van der Waals surface area contributed by atoms with Crippen LogP contribution in [0.1, 0.15) is 6.42 Å². The summed E-state index contributed by atoms with van der Waals surface area (Å²) in [5, 5.41) is 8.44. The number of methoxy groups -OCH3 is 1. The molecule has 0 saturated heterocycles. The van der Waals surface area contributed by atoms with Crippen LogP contribution in [0, 0.1) is 23.2 Å². The highest BCUT2D eigenvalue weighted by molar-refractivity contribution is 5.88. The molecule has 0 aromatic heterocycles. The van der Waals surface area contributed by atoms with Crippen LogP contribution in [0.25, 0.3) is 0 Å². The Morgan fingerprint density at radius 3 is 3.00 bits per heavy atom. The Kier molecular flexibility index (Phi) is 2.03. The van der Waals surface area contributed by atoms with Crippen LogP contribution >= 0.6 is 0 Å². The molecule has 0 aromatic carbocycles. The van der Waals surface area contributed by atoms with Crippen molar-refractivity contribution in [1.29, 1.82) is 5.26 Å². The van der Waals surface area contributed by atoms with E-state index in [0.717, 1.165) is 0 Å². The van der Waals surface area contributed by atoms with Crippen molar-refractivity contribution in [3.05, 3.63) is 0 Å². The molecule has 1 fully saturated rings. The van der Waals surface area contributed by atoms with Gasteiger partial charge in [0.15, 0.2) is 0 Å². The molecule has 1 saturated carbocycles. The fourth-order valence-corrected chi connectivity index (χ4v) is 1.10. The average molecular weight is 139 g/mol. The van der Waals surface area contributed by atoms with Crippen molar-refractivity contribution in [2.75, 3.05) is 13.7 Å². The first-order valence-corrected chi connectivity index (χ1v) is 3.21. The monoisotopic (exact) mass is 139 g/mol. The number of Topliss-reactive ketones (excluding diaryl/α,β-unsaturated/α-hetero) is 1. The SMILES string of the molecule is COCC1C(=O)CC1C#N. The quantitative estimate of drug-likeness (QED) is 0.555. The lowest BCUT2D eigenvalue weighted by atomic mass is 9.74. The Balaban J connectivity index is 2.42. The first-order valence-electron chi connectivity index (χ1n) is 3.21. The first-order chi connectivity index (χ1) is 4.79. The van der Waals surface area contributed by atoms with Crippen LogP contribution in [0.15, 0.2) is 0 Å². The second-order valence-corrected chi connectivity index (χ2v) is 2.47. The van der Waals surface area contributed by atoms with Gasteiger partial charge >= 0.3 is 0 Å². The average Bonchev–Trinajstić information content (AvgIpc) is 1.95. The van der Waals surface area contributed by atoms with Crippen LogP contribution in [0.3, 0.4) is 0 Å². The van der Waals surface area contributed by atoms with Crippen molar-refractivity contribution >= 4 is 5.78 Å². The maximum Gasteiger partial charge on any atom is 0.140 e. The number of ketones is 1. The van der Waals surface area contributed by atoms with Gasteiger partial charge in [0.2, 0.25) is 0 Å². The number of rotatable bonds is 2. The van der Waals surface area contributed by atoms with Gasteiger partial charge < -0.3 is 4.74 Å². The van der Waals surface area contributed by atoms with E-state index in [-0.39, 0.29) is 17.6 Å². The summed E-state index contributed by atoms with van der Waals surface area (Å²) in [6.45, 7) is 0.400. The maximum atomic E-state index is 10.8. The lowest BCUT2D eigenvalue weighted by Gasteiger charge is -2.28. The number of nitrogens with zero attached hydrogens (tertiary/aromatic N) is 1. The van der Waals surface area contributed by atoms with E-state index in [1.807, 2.05) is 0 Å². The third-order valence-electron chi connectivity index (χ3n) is 1.83. The highest BCUT2D eigenvalue weighted by Crippen LogP contribution is 2.29. The molecule has 0 N–H and O–H groups in total. The van der Waals surface area contributed by atoms with E-state index >= 15 is 0 Å². The van der Waals surface area contributed by atoms with Crippen LogP contribution in [-0.4, -0.2) is 19.5 Å². The molecule has 54 valence electrons. The first kappa shape index (κ1) is 7.23. The number of ether oxygens (including phenoxy) is 1. The van der Waals surface area contributed by atoms with Gasteiger partial charge in [0.05, 0.1) is 24.5 Å². The van der Waals surface area contributed by atoms with E-state index in [9.17, 15) is 4.79 Å². The Morgan fingerprint density at radius 2 is 2.60 bits per heavy atom. The van der Waals surface area contributed by atoms with Gasteiger partial charge in [-0.05, 0) is 0 Å². The zero-order chi connectivity index (χ0) is 7.56. The molecule has 0 amide bonds. The Bertz CT molecular complexity index is 183. The summed E-state index contributed by atoms with van der Waals surface area (Å²) < 4.78 is 4.78. The topological polar surface area (TPSA) is 50.1 Å². The fourth-order valence-electron chi connectivity index (χ4n) is 1.10. The fraction of sp³-hybridized carbons (Fsp3) is 0.714. The minimum atomic E-state index is -0.144. The molecule has 1 rings (SSSR count).